The Morgan fingerprint density at radius 3 is 2.74 bits per heavy atom. The van der Waals surface area contributed by atoms with Crippen LogP contribution in [-0.4, -0.2) is 22.4 Å². The van der Waals surface area contributed by atoms with Crippen molar-refractivity contribution in [2.24, 2.45) is 5.73 Å². The van der Waals surface area contributed by atoms with E-state index in [1.165, 1.54) is 6.07 Å². The number of aryl methyl sites for hydroxylation is 1. The molecule has 0 saturated heterocycles. The van der Waals surface area contributed by atoms with Gasteiger partial charge in [0.05, 0.1) is 26.8 Å². The summed E-state index contributed by atoms with van der Waals surface area (Å²) >= 11 is 7.37. The maximum atomic E-state index is 13.6. The first-order valence-electron chi connectivity index (χ1n) is 9.27. The van der Waals surface area contributed by atoms with Crippen LogP contribution in [0.3, 0.4) is 0 Å². The van der Waals surface area contributed by atoms with E-state index in [1.807, 2.05) is 12.1 Å². The van der Waals surface area contributed by atoms with Gasteiger partial charge in [0.2, 0.25) is 11.9 Å². The average Bonchev–Trinajstić information content (AvgIpc) is 3.09. The van der Waals surface area contributed by atoms with Crippen molar-refractivity contribution in [1.82, 2.24) is 15.3 Å². The predicted octanol–water partition coefficient (Wildman–Crippen LogP) is 4.67. The van der Waals surface area contributed by atoms with Gasteiger partial charge in [-0.15, -0.1) is 11.3 Å². The van der Waals surface area contributed by atoms with Crippen molar-refractivity contribution in [3.8, 4) is 10.6 Å². The lowest BCUT2D eigenvalue weighted by Gasteiger charge is -2.19. The molecule has 2 aromatic heterocycles. The van der Waals surface area contributed by atoms with E-state index in [0.29, 0.717) is 22.1 Å². The number of nitrogens with two attached hydrogens (primary N) is 1. The number of halogens is 4. The number of primary amides is 1. The molecule has 4 rings (SSSR count). The topological polar surface area (TPSA) is 92.9 Å². The first kappa shape index (κ1) is 21.5. The zero-order valence-corrected chi connectivity index (χ0v) is 17.8. The molecule has 4 N–H and O–H groups in total. The lowest BCUT2D eigenvalue weighted by atomic mass is 10.0. The van der Waals surface area contributed by atoms with Crippen molar-refractivity contribution in [3.05, 3.63) is 56.5 Å². The Labute approximate surface area is 184 Å². The van der Waals surface area contributed by atoms with Gasteiger partial charge < -0.3 is 16.4 Å². The number of hydrogen-bond donors (Lipinski definition) is 3. The van der Waals surface area contributed by atoms with Crippen molar-refractivity contribution in [2.75, 3.05) is 11.9 Å². The lowest BCUT2D eigenvalue weighted by Crippen LogP contribution is -2.23. The van der Waals surface area contributed by atoms with Crippen molar-refractivity contribution in [1.29, 1.82) is 0 Å². The summed E-state index contributed by atoms with van der Waals surface area (Å²) in [6, 6.07) is 5.00. The molecule has 162 valence electrons. The lowest BCUT2D eigenvalue weighted by molar-refractivity contribution is -0.137. The molecule has 0 bridgehead atoms. The highest BCUT2D eigenvalue weighted by Crippen LogP contribution is 2.40. The maximum Gasteiger partial charge on any atom is 0.420 e. The zero-order valence-electron chi connectivity index (χ0n) is 16.2. The molecule has 6 nitrogen and oxygen atoms in total. The van der Waals surface area contributed by atoms with Crippen LogP contribution in [0.25, 0.3) is 10.6 Å². The molecule has 1 aromatic carbocycles. The van der Waals surface area contributed by atoms with Gasteiger partial charge in [-0.3, -0.25) is 4.79 Å². The molecule has 0 radical (unpaired) electrons. The van der Waals surface area contributed by atoms with E-state index in [1.54, 1.807) is 6.92 Å². The smallest absolute Gasteiger partial charge is 0.366 e. The minimum Gasteiger partial charge on any atom is -0.366 e. The maximum absolute atomic E-state index is 13.6. The number of alkyl halides is 3. The number of fused-ring (bicyclic) bond motifs is 1. The molecule has 0 unspecified atom stereocenters. The largest absolute Gasteiger partial charge is 0.420 e. The average molecular weight is 468 g/mol. The molecule has 0 fully saturated rings. The first-order chi connectivity index (χ1) is 14.6. The predicted molar refractivity (Wildman–Crippen MR) is 114 cm³/mol. The monoisotopic (exact) mass is 467 g/mol. The van der Waals surface area contributed by atoms with Gasteiger partial charge in [-0.25, -0.2) is 9.97 Å². The Morgan fingerprint density at radius 1 is 1.29 bits per heavy atom. The van der Waals surface area contributed by atoms with Gasteiger partial charge in [0, 0.05) is 17.6 Å². The van der Waals surface area contributed by atoms with Gasteiger partial charge in [-0.2, -0.15) is 13.2 Å². The van der Waals surface area contributed by atoms with Gasteiger partial charge >= 0.3 is 6.18 Å². The van der Waals surface area contributed by atoms with Crippen LogP contribution in [0.4, 0.5) is 24.8 Å². The molecular formula is C20H17ClF3N5OS. The third kappa shape index (κ3) is 4.36. The molecule has 3 aromatic rings. The summed E-state index contributed by atoms with van der Waals surface area (Å²) in [6.07, 6.45) is -3.14. The van der Waals surface area contributed by atoms with E-state index in [2.05, 4.69) is 20.6 Å². The molecule has 31 heavy (non-hydrogen) atoms. The molecular weight excluding hydrogens is 451 g/mol. The second kappa shape index (κ2) is 8.10. The van der Waals surface area contributed by atoms with Gasteiger partial charge in [0.1, 0.15) is 5.56 Å². The molecule has 0 aliphatic carbocycles. The van der Waals surface area contributed by atoms with Gasteiger partial charge in [0.15, 0.2) is 0 Å². The van der Waals surface area contributed by atoms with E-state index < -0.39 is 17.6 Å². The summed E-state index contributed by atoms with van der Waals surface area (Å²) in [4.78, 5) is 20.2. The quantitative estimate of drug-likeness (QED) is 0.518. The summed E-state index contributed by atoms with van der Waals surface area (Å²) in [7, 11) is 0. The van der Waals surface area contributed by atoms with Crippen LogP contribution in [0.15, 0.2) is 24.4 Å². The molecule has 1 amide bonds. The summed E-state index contributed by atoms with van der Waals surface area (Å²) in [5.74, 6) is -0.748. The fourth-order valence-electron chi connectivity index (χ4n) is 3.40. The van der Waals surface area contributed by atoms with Crippen LogP contribution in [0, 0.1) is 6.92 Å². The molecule has 1 aliphatic rings. The standard InChI is InChI=1S/C20H17ClF3N5OS/c1-9-12(18(25)30)6-16(31-9)17-13(20(22,23)24)8-27-19(29-17)28-15-5-10-2-3-26-7-11(10)4-14(15)21/h4-6,8,26H,2-3,7H2,1H3,(H2,25,30)(H,27,28,29). The Bertz CT molecular complexity index is 1180. The molecule has 3 heterocycles. The number of rotatable bonds is 4. The fourth-order valence-corrected chi connectivity index (χ4v) is 4.66. The molecule has 0 spiro atoms. The third-order valence-electron chi connectivity index (χ3n) is 4.93. The van der Waals surface area contributed by atoms with Crippen molar-refractivity contribution < 1.29 is 18.0 Å². The number of anilines is 2. The van der Waals surface area contributed by atoms with Crippen LogP contribution in [-0.2, 0) is 19.1 Å². The molecule has 0 atom stereocenters. The number of hydrogen-bond acceptors (Lipinski definition) is 6. The van der Waals surface area contributed by atoms with Gasteiger partial charge in [0.25, 0.3) is 0 Å². The Morgan fingerprint density at radius 2 is 2.06 bits per heavy atom. The van der Waals surface area contributed by atoms with E-state index in [4.69, 9.17) is 17.3 Å². The SMILES string of the molecule is Cc1sc(-c2nc(Nc3cc4c(cc3Cl)CNCC4)ncc2C(F)(F)F)cc1C(N)=O. The van der Waals surface area contributed by atoms with E-state index in [-0.39, 0.29) is 22.1 Å². The van der Waals surface area contributed by atoms with Crippen molar-refractivity contribution >= 4 is 40.5 Å². The summed E-state index contributed by atoms with van der Waals surface area (Å²) in [5.41, 5.74) is 6.82. The number of carbonyl (C=O) groups excluding carboxylic acids is 1. The second-order valence-electron chi connectivity index (χ2n) is 7.05. The van der Waals surface area contributed by atoms with Crippen LogP contribution >= 0.6 is 22.9 Å². The third-order valence-corrected chi connectivity index (χ3v) is 6.30. The van der Waals surface area contributed by atoms with Crippen LogP contribution in [0.5, 0.6) is 0 Å². The number of thiophene rings is 1. The number of nitrogens with one attached hydrogen (secondary N) is 2. The normalized spacial score (nSPS) is 13.7. The zero-order chi connectivity index (χ0) is 22.3. The van der Waals surface area contributed by atoms with E-state index in [0.717, 1.165) is 41.6 Å². The molecule has 11 heteroatoms. The minimum absolute atomic E-state index is 0.0366. The minimum atomic E-state index is -4.67. The highest BCUT2D eigenvalue weighted by Gasteiger charge is 2.36. The van der Waals surface area contributed by atoms with Crippen LogP contribution < -0.4 is 16.4 Å². The van der Waals surface area contributed by atoms with Crippen molar-refractivity contribution in [2.45, 2.75) is 26.1 Å². The van der Waals surface area contributed by atoms with E-state index in [9.17, 15) is 18.0 Å². The first-order valence-corrected chi connectivity index (χ1v) is 10.5. The number of nitrogens with zero attached hydrogens (tertiary/aromatic N) is 2. The molecule has 0 saturated carbocycles. The summed E-state index contributed by atoms with van der Waals surface area (Å²) < 4.78 is 40.8. The molecule has 1 aliphatic heterocycles. The summed E-state index contributed by atoms with van der Waals surface area (Å²) in [5, 5.41) is 6.59. The Hall–Kier alpha value is -2.69. The Kier molecular flexibility index (Phi) is 5.63. The van der Waals surface area contributed by atoms with Crippen LogP contribution in [0.1, 0.15) is 31.9 Å². The Balaban J connectivity index is 1.76. The van der Waals surface area contributed by atoms with Gasteiger partial charge in [-0.05, 0) is 49.2 Å². The second-order valence-corrected chi connectivity index (χ2v) is 8.71. The number of benzene rings is 1. The van der Waals surface area contributed by atoms with E-state index >= 15 is 0 Å². The highest BCUT2D eigenvalue weighted by atomic mass is 35.5. The van der Waals surface area contributed by atoms with Crippen molar-refractivity contribution in [3.63, 3.8) is 0 Å². The number of carbonyl (C=O) groups is 1. The van der Waals surface area contributed by atoms with Gasteiger partial charge in [-0.1, -0.05) is 11.6 Å². The van der Waals surface area contributed by atoms with Crippen LogP contribution in [0.2, 0.25) is 5.02 Å². The highest BCUT2D eigenvalue weighted by molar-refractivity contribution is 7.15. The number of aromatic nitrogens is 2. The summed E-state index contributed by atoms with van der Waals surface area (Å²) in [6.45, 7) is 3.15. The number of amides is 1. The fraction of sp³-hybridized carbons (Fsp3) is 0.250.